The van der Waals surface area contributed by atoms with Crippen LogP contribution in [-0.2, 0) is 0 Å². The van der Waals surface area contributed by atoms with E-state index >= 15 is 0 Å². The number of hydrogen-bond acceptors (Lipinski definition) is 5. The number of rotatable bonds is 8. The zero-order valence-electron chi connectivity index (χ0n) is 8.10. The highest BCUT2D eigenvalue weighted by Gasteiger charge is 2.05. The van der Waals surface area contributed by atoms with Gasteiger partial charge >= 0.3 is 0 Å². The topological polar surface area (TPSA) is 40.5 Å². The molecule has 0 saturated heterocycles. The molecule has 0 aliphatic carbocycles. The molecule has 0 heterocycles. The molecular weight excluding hydrogens is 224 g/mol. The molecular formula is C8H18O2S3. The average molecular weight is 242 g/mol. The van der Waals surface area contributed by atoms with Gasteiger partial charge in [-0.05, 0) is 12.7 Å². The Morgan fingerprint density at radius 1 is 1.00 bits per heavy atom. The van der Waals surface area contributed by atoms with Gasteiger partial charge in [-0.3, -0.25) is 0 Å². The first-order chi connectivity index (χ1) is 6.20. The molecule has 2 atom stereocenters. The SMILES string of the molecule is CCC(O)CSSCC(O)CSC. The summed E-state index contributed by atoms with van der Waals surface area (Å²) in [5.41, 5.74) is 0. The molecule has 0 aromatic carbocycles. The van der Waals surface area contributed by atoms with Crippen molar-refractivity contribution in [2.24, 2.45) is 0 Å². The monoisotopic (exact) mass is 242 g/mol. The summed E-state index contributed by atoms with van der Waals surface area (Å²) in [4.78, 5) is 0. The number of aliphatic hydroxyl groups excluding tert-OH is 2. The Hall–Kier alpha value is 0.970. The van der Waals surface area contributed by atoms with Crippen molar-refractivity contribution >= 4 is 33.3 Å². The van der Waals surface area contributed by atoms with E-state index in [0.29, 0.717) is 0 Å². The first-order valence-electron chi connectivity index (χ1n) is 4.30. The van der Waals surface area contributed by atoms with Crippen LogP contribution >= 0.6 is 33.3 Å². The van der Waals surface area contributed by atoms with Gasteiger partial charge in [-0.1, -0.05) is 28.5 Å². The smallest absolute Gasteiger partial charge is 0.0729 e. The standard InChI is InChI=1S/C8H18O2S3/c1-3-7(9)5-12-13-6-8(10)4-11-2/h7-10H,3-6H2,1-2H3. The minimum Gasteiger partial charge on any atom is -0.392 e. The van der Waals surface area contributed by atoms with Gasteiger partial charge in [-0.25, -0.2) is 0 Å². The molecule has 5 heteroatoms. The highest BCUT2D eigenvalue weighted by Crippen LogP contribution is 2.23. The molecule has 2 nitrogen and oxygen atoms in total. The summed E-state index contributed by atoms with van der Waals surface area (Å²) in [6, 6.07) is 0. The van der Waals surface area contributed by atoms with E-state index in [4.69, 9.17) is 0 Å². The van der Waals surface area contributed by atoms with Crippen LogP contribution in [0.2, 0.25) is 0 Å². The lowest BCUT2D eigenvalue weighted by atomic mass is 10.3. The van der Waals surface area contributed by atoms with Crippen molar-refractivity contribution < 1.29 is 10.2 Å². The molecule has 0 aliphatic heterocycles. The van der Waals surface area contributed by atoms with Crippen LogP contribution in [0.4, 0.5) is 0 Å². The lowest BCUT2D eigenvalue weighted by molar-refractivity contribution is 0.195. The van der Waals surface area contributed by atoms with Crippen molar-refractivity contribution in [2.75, 3.05) is 23.5 Å². The van der Waals surface area contributed by atoms with Crippen LogP contribution < -0.4 is 0 Å². The Morgan fingerprint density at radius 3 is 2.00 bits per heavy atom. The predicted molar refractivity (Wildman–Crippen MR) is 65.6 cm³/mol. The molecule has 0 rings (SSSR count). The molecule has 0 aromatic heterocycles. The van der Waals surface area contributed by atoms with Gasteiger partial charge < -0.3 is 10.2 Å². The fraction of sp³-hybridized carbons (Fsp3) is 1.00. The third-order valence-corrected chi connectivity index (χ3v) is 4.68. The van der Waals surface area contributed by atoms with Gasteiger partial charge in [0.2, 0.25) is 0 Å². The van der Waals surface area contributed by atoms with Gasteiger partial charge in [0.1, 0.15) is 0 Å². The van der Waals surface area contributed by atoms with E-state index in [0.717, 1.165) is 23.7 Å². The molecule has 0 aromatic rings. The highest BCUT2D eigenvalue weighted by molar-refractivity contribution is 8.76. The van der Waals surface area contributed by atoms with Crippen molar-refractivity contribution in [1.82, 2.24) is 0 Å². The maximum absolute atomic E-state index is 9.35. The first-order valence-corrected chi connectivity index (χ1v) is 8.18. The van der Waals surface area contributed by atoms with Crippen LogP contribution in [-0.4, -0.2) is 45.9 Å². The second-order valence-corrected chi connectivity index (χ2v) is 6.20. The fourth-order valence-electron chi connectivity index (χ4n) is 0.612. The zero-order valence-corrected chi connectivity index (χ0v) is 10.6. The van der Waals surface area contributed by atoms with Crippen LogP contribution in [0.1, 0.15) is 13.3 Å². The average Bonchev–Trinajstić information content (AvgIpc) is 2.12. The second-order valence-electron chi connectivity index (χ2n) is 2.74. The van der Waals surface area contributed by atoms with Crippen molar-refractivity contribution in [3.05, 3.63) is 0 Å². The molecule has 13 heavy (non-hydrogen) atoms. The van der Waals surface area contributed by atoms with Gasteiger partial charge in [0.25, 0.3) is 0 Å². The molecule has 0 radical (unpaired) electrons. The maximum atomic E-state index is 9.35. The van der Waals surface area contributed by atoms with E-state index < -0.39 is 0 Å². The summed E-state index contributed by atoms with van der Waals surface area (Å²) < 4.78 is 0. The third kappa shape index (κ3) is 9.28. The van der Waals surface area contributed by atoms with Crippen molar-refractivity contribution in [3.63, 3.8) is 0 Å². The molecule has 0 fully saturated rings. The molecule has 2 N–H and O–H groups in total. The second kappa shape index (κ2) is 9.52. The Balaban J connectivity index is 3.15. The quantitative estimate of drug-likeness (QED) is 0.502. The molecule has 0 spiro atoms. The Kier molecular flexibility index (Phi) is 10.2. The maximum Gasteiger partial charge on any atom is 0.0729 e. The lowest BCUT2D eigenvalue weighted by Gasteiger charge is -2.09. The number of thioether (sulfide) groups is 1. The minimum atomic E-state index is -0.216. The summed E-state index contributed by atoms with van der Waals surface area (Å²) in [6.07, 6.45) is 2.38. The summed E-state index contributed by atoms with van der Waals surface area (Å²) in [5.74, 6) is 2.30. The summed E-state index contributed by atoms with van der Waals surface area (Å²) in [6.45, 7) is 1.97. The van der Waals surface area contributed by atoms with Crippen molar-refractivity contribution in [1.29, 1.82) is 0 Å². The third-order valence-electron chi connectivity index (χ3n) is 1.43. The van der Waals surface area contributed by atoms with E-state index in [1.807, 2.05) is 13.2 Å². The van der Waals surface area contributed by atoms with E-state index in [9.17, 15) is 10.2 Å². The van der Waals surface area contributed by atoms with Crippen LogP contribution in [0.5, 0.6) is 0 Å². The van der Waals surface area contributed by atoms with Crippen LogP contribution in [0.15, 0.2) is 0 Å². The van der Waals surface area contributed by atoms with Gasteiger partial charge in [0, 0.05) is 17.3 Å². The minimum absolute atomic E-state index is 0.199. The van der Waals surface area contributed by atoms with E-state index in [2.05, 4.69) is 0 Å². The normalized spacial score (nSPS) is 15.7. The summed E-state index contributed by atoms with van der Waals surface area (Å²) >= 11 is 1.66. The summed E-state index contributed by atoms with van der Waals surface area (Å²) in [7, 11) is 3.28. The zero-order chi connectivity index (χ0) is 10.1. The Bertz CT molecular complexity index is 114. The van der Waals surface area contributed by atoms with Gasteiger partial charge in [-0.2, -0.15) is 11.8 Å². The number of aliphatic hydroxyl groups is 2. The Morgan fingerprint density at radius 2 is 1.54 bits per heavy atom. The molecule has 0 saturated carbocycles. The van der Waals surface area contributed by atoms with Crippen LogP contribution in [0.3, 0.4) is 0 Å². The van der Waals surface area contributed by atoms with Crippen LogP contribution in [0, 0.1) is 0 Å². The van der Waals surface area contributed by atoms with Gasteiger partial charge in [0.05, 0.1) is 12.2 Å². The summed E-state index contributed by atoms with van der Waals surface area (Å²) in [5, 5.41) is 18.6. The van der Waals surface area contributed by atoms with Crippen molar-refractivity contribution in [2.45, 2.75) is 25.6 Å². The number of hydrogen-bond donors (Lipinski definition) is 2. The van der Waals surface area contributed by atoms with Crippen molar-refractivity contribution in [3.8, 4) is 0 Å². The lowest BCUT2D eigenvalue weighted by Crippen LogP contribution is -2.12. The fourth-order valence-corrected chi connectivity index (χ4v) is 3.64. The van der Waals surface area contributed by atoms with E-state index in [1.165, 1.54) is 0 Å². The Labute approximate surface area is 92.7 Å². The van der Waals surface area contributed by atoms with Gasteiger partial charge in [-0.15, -0.1) is 0 Å². The molecule has 0 bridgehead atoms. The van der Waals surface area contributed by atoms with Crippen LogP contribution in [0.25, 0.3) is 0 Å². The molecule has 0 amide bonds. The van der Waals surface area contributed by atoms with E-state index in [-0.39, 0.29) is 12.2 Å². The van der Waals surface area contributed by atoms with Gasteiger partial charge in [0.15, 0.2) is 0 Å². The molecule has 0 aliphatic rings. The first kappa shape index (κ1) is 14.0. The molecule has 80 valence electrons. The van der Waals surface area contributed by atoms with E-state index in [1.54, 1.807) is 33.3 Å². The highest BCUT2D eigenvalue weighted by atomic mass is 33.1. The predicted octanol–water partition coefficient (Wildman–Crippen LogP) is 1.86. The largest absolute Gasteiger partial charge is 0.392 e. The molecule has 2 unspecified atom stereocenters.